The molecule has 7 unspecified atom stereocenters. The molecule has 4 heterocycles. The van der Waals surface area contributed by atoms with E-state index in [1.165, 1.54) is 0 Å². The van der Waals surface area contributed by atoms with E-state index < -0.39 is 12.1 Å². The number of hydrogen-bond acceptors (Lipinski definition) is 7. The van der Waals surface area contributed by atoms with Crippen molar-refractivity contribution in [1.29, 1.82) is 0 Å². The largest absolute Gasteiger partial charge is 0.369 e. The molecule has 2 saturated carbocycles. The summed E-state index contributed by atoms with van der Waals surface area (Å²) < 4.78 is 22.9. The number of amides is 1. The first-order valence-corrected chi connectivity index (χ1v) is 14.6. The van der Waals surface area contributed by atoms with Crippen molar-refractivity contribution in [3.63, 3.8) is 0 Å². The van der Waals surface area contributed by atoms with Gasteiger partial charge in [0, 0.05) is 70.5 Å². The lowest BCUT2D eigenvalue weighted by molar-refractivity contribution is -0.213. The quantitative estimate of drug-likeness (QED) is 0.524. The van der Waals surface area contributed by atoms with Crippen LogP contribution in [0.25, 0.3) is 0 Å². The second kappa shape index (κ2) is 10.2. The molecule has 0 N–H and O–H groups in total. The number of fused-ring (bicyclic) bond motifs is 2. The molecule has 206 valence electrons. The van der Waals surface area contributed by atoms with E-state index in [1.54, 1.807) is 0 Å². The standard InChI is InChI=1S/C28H44FN5O3/c1-18(2)31-12-14-32(15-13-31)25-21(29)16-19-24-27(25)37-23-7-5-4-6-22(23)34(24)17-20(26(19)35)28(36)33-10-8-30(3)9-11-33/h17-19,21-25,27H,4-16H2,1-3H3. The molecule has 0 aromatic heterocycles. The normalized spacial score (nSPS) is 39.9. The zero-order valence-corrected chi connectivity index (χ0v) is 22.7. The summed E-state index contributed by atoms with van der Waals surface area (Å²) in [6, 6.07) is 0.129. The van der Waals surface area contributed by atoms with Crippen LogP contribution in [-0.4, -0.2) is 138 Å². The highest BCUT2D eigenvalue weighted by Crippen LogP contribution is 2.47. The first-order valence-electron chi connectivity index (χ1n) is 14.6. The van der Waals surface area contributed by atoms with E-state index in [1.807, 2.05) is 11.1 Å². The minimum Gasteiger partial charge on any atom is -0.369 e. The highest BCUT2D eigenvalue weighted by atomic mass is 19.1. The van der Waals surface area contributed by atoms with E-state index in [0.29, 0.717) is 19.1 Å². The van der Waals surface area contributed by atoms with Crippen LogP contribution >= 0.6 is 0 Å². The summed E-state index contributed by atoms with van der Waals surface area (Å²) >= 11 is 0. The maximum absolute atomic E-state index is 16.1. The van der Waals surface area contributed by atoms with E-state index >= 15 is 4.39 Å². The molecule has 1 amide bonds. The minimum absolute atomic E-state index is 0.0323. The number of nitrogens with zero attached hydrogens (tertiary/aromatic N) is 5. The van der Waals surface area contributed by atoms with E-state index in [9.17, 15) is 9.59 Å². The Labute approximate surface area is 220 Å². The molecule has 37 heavy (non-hydrogen) atoms. The number of hydrogen-bond donors (Lipinski definition) is 0. The monoisotopic (exact) mass is 517 g/mol. The molecule has 0 bridgehead atoms. The van der Waals surface area contributed by atoms with Gasteiger partial charge in [0.05, 0.1) is 35.9 Å². The third-order valence-corrected chi connectivity index (χ3v) is 10.1. The molecular weight excluding hydrogens is 473 g/mol. The highest BCUT2D eigenvalue weighted by molar-refractivity contribution is 6.20. The predicted molar refractivity (Wildman–Crippen MR) is 139 cm³/mol. The number of ketones is 1. The van der Waals surface area contributed by atoms with Crippen LogP contribution in [0.2, 0.25) is 0 Å². The topological polar surface area (TPSA) is 59.6 Å². The van der Waals surface area contributed by atoms with E-state index in [0.717, 1.165) is 65.0 Å². The number of morpholine rings is 1. The Morgan fingerprint density at radius 1 is 1.00 bits per heavy atom. The molecule has 7 atom stereocenters. The van der Waals surface area contributed by atoms with Crippen molar-refractivity contribution in [3.8, 4) is 0 Å². The lowest BCUT2D eigenvalue weighted by Crippen LogP contribution is -2.74. The fraction of sp³-hybridized carbons (Fsp3) is 0.857. The van der Waals surface area contributed by atoms with Crippen molar-refractivity contribution in [2.45, 2.75) is 88.5 Å². The van der Waals surface area contributed by atoms with Gasteiger partial charge in [0.2, 0.25) is 0 Å². The molecule has 6 rings (SSSR count). The van der Waals surface area contributed by atoms with Crippen molar-refractivity contribution in [2.24, 2.45) is 5.92 Å². The lowest BCUT2D eigenvalue weighted by Gasteiger charge is -2.60. The van der Waals surface area contributed by atoms with Gasteiger partial charge in [0.1, 0.15) is 6.17 Å². The highest BCUT2D eigenvalue weighted by Gasteiger charge is 2.59. The van der Waals surface area contributed by atoms with Crippen LogP contribution in [0, 0.1) is 5.92 Å². The Morgan fingerprint density at radius 2 is 1.70 bits per heavy atom. The third-order valence-electron chi connectivity index (χ3n) is 10.1. The van der Waals surface area contributed by atoms with Crippen LogP contribution in [0.4, 0.5) is 4.39 Å². The Hall–Kier alpha value is -1.55. The van der Waals surface area contributed by atoms with Crippen LogP contribution in [-0.2, 0) is 14.3 Å². The van der Waals surface area contributed by atoms with Crippen LogP contribution in [0.1, 0.15) is 46.0 Å². The third kappa shape index (κ3) is 4.53. The molecule has 2 aliphatic carbocycles. The number of halogens is 1. The first-order chi connectivity index (χ1) is 17.8. The Balaban J connectivity index is 1.30. The van der Waals surface area contributed by atoms with Gasteiger partial charge >= 0.3 is 0 Å². The number of carbonyl (C=O) groups is 2. The number of carbonyl (C=O) groups excluding carboxylic acids is 2. The number of Topliss-reactive ketones (excluding diaryl/α,β-unsaturated/α-hetero) is 1. The molecule has 0 radical (unpaired) electrons. The van der Waals surface area contributed by atoms with Gasteiger partial charge in [-0.15, -0.1) is 0 Å². The van der Waals surface area contributed by atoms with Gasteiger partial charge in [0.25, 0.3) is 5.91 Å². The number of ether oxygens (including phenoxy) is 1. The summed E-state index contributed by atoms with van der Waals surface area (Å²) in [6.07, 6.45) is 4.81. The maximum atomic E-state index is 16.1. The molecule has 0 aromatic rings. The number of likely N-dealkylation sites (N-methyl/N-ethyl adjacent to an activating group) is 1. The van der Waals surface area contributed by atoms with Crippen molar-refractivity contribution in [3.05, 3.63) is 11.8 Å². The number of piperazine rings is 2. The maximum Gasteiger partial charge on any atom is 0.259 e. The molecule has 3 saturated heterocycles. The summed E-state index contributed by atoms with van der Waals surface area (Å²) in [6.45, 7) is 10.8. The Morgan fingerprint density at radius 3 is 2.41 bits per heavy atom. The molecule has 0 aromatic carbocycles. The number of rotatable bonds is 3. The van der Waals surface area contributed by atoms with Crippen LogP contribution in [0.5, 0.6) is 0 Å². The zero-order chi connectivity index (χ0) is 25.8. The molecular formula is C28H44FN5O3. The number of alkyl halides is 1. The lowest BCUT2D eigenvalue weighted by atomic mass is 9.69. The van der Waals surface area contributed by atoms with Gasteiger partial charge in [-0.25, -0.2) is 4.39 Å². The summed E-state index contributed by atoms with van der Waals surface area (Å²) in [5, 5.41) is 0. The van der Waals surface area contributed by atoms with E-state index in [-0.39, 0.29) is 54.0 Å². The van der Waals surface area contributed by atoms with Gasteiger partial charge in [0.15, 0.2) is 5.78 Å². The molecule has 0 spiro atoms. The first kappa shape index (κ1) is 25.7. The van der Waals surface area contributed by atoms with Crippen molar-refractivity contribution in [2.75, 3.05) is 59.4 Å². The molecule has 6 aliphatic rings. The molecule has 5 fully saturated rings. The van der Waals surface area contributed by atoms with Crippen LogP contribution in [0.15, 0.2) is 11.8 Å². The van der Waals surface area contributed by atoms with Crippen molar-refractivity contribution < 1.29 is 18.7 Å². The smallest absolute Gasteiger partial charge is 0.259 e. The minimum atomic E-state index is -1.14. The van der Waals surface area contributed by atoms with Crippen molar-refractivity contribution in [1.82, 2.24) is 24.5 Å². The average Bonchev–Trinajstić information content (AvgIpc) is 2.90. The summed E-state index contributed by atoms with van der Waals surface area (Å²) in [7, 11) is 2.05. The molecule has 8 nitrogen and oxygen atoms in total. The van der Waals surface area contributed by atoms with Crippen LogP contribution < -0.4 is 0 Å². The Bertz CT molecular complexity index is 913. The summed E-state index contributed by atoms with van der Waals surface area (Å²) in [4.78, 5) is 38.5. The Kier molecular flexibility index (Phi) is 7.09. The fourth-order valence-electron chi connectivity index (χ4n) is 7.88. The van der Waals surface area contributed by atoms with E-state index in [4.69, 9.17) is 4.74 Å². The van der Waals surface area contributed by atoms with Gasteiger partial charge in [-0.05, 0) is 40.2 Å². The summed E-state index contributed by atoms with van der Waals surface area (Å²) in [5.74, 6) is -0.861. The average molecular weight is 518 g/mol. The van der Waals surface area contributed by atoms with Crippen LogP contribution in [0.3, 0.4) is 0 Å². The zero-order valence-electron chi connectivity index (χ0n) is 22.7. The molecule has 9 heteroatoms. The van der Waals surface area contributed by atoms with E-state index in [2.05, 4.69) is 40.5 Å². The fourth-order valence-corrected chi connectivity index (χ4v) is 7.88. The van der Waals surface area contributed by atoms with Gasteiger partial charge in [-0.2, -0.15) is 0 Å². The van der Waals surface area contributed by atoms with Crippen molar-refractivity contribution >= 4 is 11.7 Å². The van der Waals surface area contributed by atoms with Gasteiger partial charge in [-0.1, -0.05) is 12.8 Å². The second-order valence-electron chi connectivity index (χ2n) is 12.4. The SMILES string of the molecule is CC(C)N1CCN(C2C(F)CC3C(=O)C(C(=O)N4CCN(C)CC4)=CN4C5CCCCC5OC2C34)CC1. The predicted octanol–water partition coefficient (Wildman–Crippen LogP) is 1.36. The molecule has 4 aliphatic heterocycles. The summed E-state index contributed by atoms with van der Waals surface area (Å²) in [5.41, 5.74) is 0.270. The van der Waals surface area contributed by atoms with Gasteiger partial charge < -0.3 is 19.4 Å². The second-order valence-corrected chi connectivity index (χ2v) is 12.4. The van der Waals surface area contributed by atoms with Gasteiger partial charge in [-0.3, -0.25) is 19.4 Å².